The molecule has 1 N–H and O–H groups in total. The van der Waals surface area contributed by atoms with Gasteiger partial charge in [-0.05, 0) is 55.3 Å². The summed E-state index contributed by atoms with van der Waals surface area (Å²) in [7, 11) is -3.79. The van der Waals surface area contributed by atoms with Crippen LogP contribution in [0.25, 0.3) is 0 Å². The maximum Gasteiger partial charge on any atom is 0.338 e. The third-order valence-corrected chi connectivity index (χ3v) is 5.76. The van der Waals surface area contributed by atoms with E-state index in [1.807, 2.05) is 0 Å². The van der Waals surface area contributed by atoms with Gasteiger partial charge in [0.2, 0.25) is 10.0 Å². The van der Waals surface area contributed by atoms with Gasteiger partial charge in [0.25, 0.3) is 0 Å². The first-order valence-corrected chi connectivity index (χ1v) is 10.1. The Kier molecular flexibility index (Phi) is 5.98. The summed E-state index contributed by atoms with van der Waals surface area (Å²) in [6.07, 6.45) is 1.57. The Hall–Kier alpha value is -2.16. The first-order chi connectivity index (χ1) is 12.8. The fraction of sp³-hybridized carbons (Fsp3) is 0.278. The predicted molar refractivity (Wildman–Crippen MR) is 97.0 cm³/mol. The number of benzene rings is 2. The van der Waals surface area contributed by atoms with Crippen molar-refractivity contribution in [2.24, 2.45) is 0 Å². The summed E-state index contributed by atoms with van der Waals surface area (Å²) in [5.41, 5.74) is 0.0670. The van der Waals surface area contributed by atoms with E-state index in [0.717, 1.165) is 12.8 Å². The van der Waals surface area contributed by atoms with E-state index in [9.17, 15) is 17.6 Å². The fourth-order valence-corrected chi connectivity index (χ4v) is 4.06. The van der Waals surface area contributed by atoms with Crippen molar-refractivity contribution in [3.05, 3.63) is 58.9 Å². The lowest BCUT2D eigenvalue weighted by molar-refractivity contribution is 0.0450. The van der Waals surface area contributed by atoms with Gasteiger partial charge in [0.15, 0.2) is 0 Å². The highest BCUT2D eigenvalue weighted by atomic mass is 35.5. The monoisotopic (exact) mass is 413 g/mol. The highest BCUT2D eigenvalue weighted by Gasteiger charge is 2.29. The molecule has 1 aliphatic carbocycles. The topological polar surface area (TPSA) is 81.7 Å². The molecule has 2 aromatic rings. The molecule has 0 aromatic heterocycles. The molecule has 0 unspecified atom stereocenters. The van der Waals surface area contributed by atoms with Gasteiger partial charge in [0.05, 0.1) is 10.6 Å². The van der Waals surface area contributed by atoms with Gasteiger partial charge in [-0.25, -0.2) is 22.3 Å². The summed E-state index contributed by atoms with van der Waals surface area (Å²) >= 11 is 5.98. The third kappa shape index (κ3) is 5.41. The van der Waals surface area contributed by atoms with E-state index < -0.39 is 16.0 Å². The van der Waals surface area contributed by atoms with Crippen molar-refractivity contribution >= 4 is 27.6 Å². The minimum absolute atomic E-state index is 0.0272. The molecule has 0 spiro atoms. The Morgan fingerprint density at radius 3 is 2.52 bits per heavy atom. The van der Waals surface area contributed by atoms with Crippen LogP contribution in [0, 0.1) is 5.82 Å². The molecule has 0 atom stereocenters. The summed E-state index contributed by atoms with van der Waals surface area (Å²) in [4.78, 5) is 12.0. The molecule has 0 amide bonds. The number of nitrogens with one attached hydrogen (secondary N) is 1. The zero-order valence-electron chi connectivity index (χ0n) is 14.2. The molecule has 0 bridgehead atoms. The molecular formula is C18H17ClFNO5S. The lowest BCUT2D eigenvalue weighted by Crippen LogP contribution is -2.26. The zero-order chi connectivity index (χ0) is 19.4. The summed E-state index contributed by atoms with van der Waals surface area (Å²) in [5, 5.41) is 0.0272. The zero-order valence-corrected chi connectivity index (χ0v) is 15.7. The highest BCUT2D eigenvalue weighted by molar-refractivity contribution is 7.89. The van der Waals surface area contributed by atoms with Crippen molar-refractivity contribution in [3.8, 4) is 5.75 Å². The fourth-order valence-electron chi connectivity index (χ4n) is 2.23. The third-order valence-electron chi connectivity index (χ3n) is 3.75. The summed E-state index contributed by atoms with van der Waals surface area (Å²) < 4.78 is 50.4. The predicted octanol–water partition coefficient (Wildman–Crippen LogP) is 3.16. The van der Waals surface area contributed by atoms with Gasteiger partial charge < -0.3 is 9.47 Å². The molecular weight excluding hydrogens is 397 g/mol. The van der Waals surface area contributed by atoms with Crippen LogP contribution in [0.15, 0.2) is 47.4 Å². The van der Waals surface area contributed by atoms with E-state index in [1.165, 1.54) is 42.5 Å². The van der Waals surface area contributed by atoms with E-state index >= 15 is 0 Å². The molecule has 1 saturated carbocycles. The van der Waals surface area contributed by atoms with Crippen LogP contribution in [-0.4, -0.2) is 33.6 Å². The van der Waals surface area contributed by atoms with Crippen LogP contribution in [-0.2, 0) is 14.8 Å². The van der Waals surface area contributed by atoms with Gasteiger partial charge in [-0.3, -0.25) is 0 Å². The number of hydrogen-bond acceptors (Lipinski definition) is 5. The Morgan fingerprint density at radius 1 is 1.15 bits per heavy atom. The molecule has 3 rings (SSSR count). The number of ether oxygens (including phenoxy) is 2. The molecule has 27 heavy (non-hydrogen) atoms. The maximum atomic E-state index is 12.8. The molecule has 0 radical (unpaired) electrons. The minimum atomic E-state index is -3.79. The van der Waals surface area contributed by atoms with Crippen molar-refractivity contribution < 1.29 is 27.1 Å². The Labute approximate surface area is 161 Å². The second kappa shape index (κ2) is 8.24. The van der Waals surface area contributed by atoms with Crippen molar-refractivity contribution in [1.29, 1.82) is 0 Å². The van der Waals surface area contributed by atoms with Gasteiger partial charge in [-0.2, -0.15) is 0 Å². The SMILES string of the molecule is O=C(OCCOc1ccc(F)cc1)c1ccc(Cl)c(S(=O)(=O)NC2CC2)c1. The molecule has 1 aliphatic rings. The molecule has 9 heteroatoms. The molecule has 0 heterocycles. The maximum absolute atomic E-state index is 12.8. The summed E-state index contributed by atoms with van der Waals surface area (Å²) in [5.74, 6) is -0.630. The molecule has 0 saturated heterocycles. The van der Waals surface area contributed by atoms with E-state index in [4.69, 9.17) is 21.1 Å². The van der Waals surface area contributed by atoms with Gasteiger partial charge in [0.1, 0.15) is 29.7 Å². The summed E-state index contributed by atoms with van der Waals surface area (Å²) in [6, 6.07) is 9.28. The van der Waals surface area contributed by atoms with Crippen molar-refractivity contribution in [2.75, 3.05) is 13.2 Å². The second-order valence-electron chi connectivity index (χ2n) is 5.98. The van der Waals surface area contributed by atoms with Crippen LogP contribution < -0.4 is 9.46 Å². The molecule has 0 aliphatic heterocycles. The number of carbonyl (C=O) groups is 1. The normalized spacial score (nSPS) is 14.0. The standard InChI is InChI=1S/C18H17ClFNO5S/c19-16-8-1-12(11-17(16)27(23,24)21-14-4-5-14)18(22)26-10-9-25-15-6-2-13(20)3-7-15/h1-3,6-8,11,14,21H,4-5,9-10H2. The van der Waals surface area contributed by atoms with Gasteiger partial charge in [-0.1, -0.05) is 11.6 Å². The molecule has 144 valence electrons. The first-order valence-electron chi connectivity index (χ1n) is 8.22. The number of sulfonamides is 1. The number of rotatable bonds is 8. The summed E-state index contributed by atoms with van der Waals surface area (Å²) in [6.45, 7) is 0.0145. The Bertz CT molecular complexity index is 929. The van der Waals surface area contributed by atoms with E-state index in [-0.39, 0.29) is 40.6 Å². The molecule has 6 nitrogen and oxygen atoms in total. The highest BCUT2D eigenvalue weighted by Crippen LogP contribution is 2.27. The van der Waals surface area contributed by atoms with Crippen LogP contribution >= 0.6 is 11.6 Å². The van der Waals surface area contributed by atoms with Crippen molar-refractivity contribution in [2.45, 2.75) is 23.8 Å². The lowest BCUT2D eigenvalue weighted by atomic mass is 10.2. The van der Waals surface area contributed by atoms with E-state index in [2.05, 4.69) is 4.72 Å². The van der Waals surface area contributed by atoms with Crippen molar-refractivity contribution in [1.82, 2.24) is 4.72 Å². The number of esters is 1. The number of halogens is 2. The Morgan fingerprint density at radius 2 is 1.85 bits per heavy atom. The smallest absolute Gasteiger partial charge is 0.338 e. The van der Waals surface area contributed by atoms with Crippen LogP contribution in [0.5, 0.6) is 5.75 Å². The van der Waals surface area contributed by atoms with E-state index in [1.54, 1.807) is 0 Å². The number of hydrogen-bond donors (Lipinski definition) is 1. The Balaban J connectivity index is 1.58. The lowest BCUT2D eigenvalue weighted by Gasteiger charge is -2.10. The quantitative estimate of drug-likeness (QED) is 0.531. The number of carbonyl (C=O) groups excluding carboxylic acids is 1. The largest absolute Gasteiger partial charge is 0.490 e. The second-order valence-corrected chi connectivity index (χ2v) is 8.07. The van der Waals surface area contributed by atoms with Crippen LogP contribution in [0.3, 0.4) is 0 Å². The molecule has 2 aromatic carbocycles. The van der Waals surface area contributed by atoms with Gasteiger partial charge in [-0.15, -0.1) is 0 Å². The molecule has 1 fully saturated rings. The van der Waals surface area contributed by atoms with Crippen LogP contribution in [0.4, 0.5) is 4.39 Å². The van der Waals surface area contributed by atoms with E-state index in [0.29, 0.717) is 5.75 Å². The average molecular weight is 414 g/mol. The average Bonchev–Trinajstić information content (AvgIpc) is 3.43. The first kappa shape index (κ1) is 19.6. The van der Waals surface area contributed by atoms with Crippen molar-refractivity contribution in [3.63, 3.8) is 0 Å². The van der Waals surface area contributed by atoms with Crippen LogP contribution in [0.2, 0.25) is 5.02 Å². The minimum Gasteiger partial charge on any atom is -0.490 e. The van der Waals surface area contributed by atoms with Gasteiger partial charge >= 0.3 is 5.97 Å². The van der Waals surface area contributed by atoms with Gasteiger partial charge in [0, 0.05) is 6.04 Å². The van der Waals surface area contributed by atoms with Crippen LogP contribution in [0.1, 0.15) is 23.2 Å².